The fourth-order valence-corrected chi connectivity index (χ4v) is 3.20. The van der Waals surface area contributed by atoms with Gasteiger partial charge in [0.05, 0.1) is 0 Å². The Balaban J connectivity index is 2.27. The maximum Gasteiger partial charge on any atom is 0.325 e. The third-order valence-corrected chi connectivity index (χ3v) is 4.11. The Bertz CT molecular complexity index is 649. The van der Waals surface area contributed by atoms with Crippen molar-refractivity contribution in [3.63, 3.8) is 0 Å². The summed E-state index contributed by atoms with van der Waals surface area (Å²) in [5.41, 5.74) is 0.403. The van der Waals surface area contributed by atoms with E-state index in [-0.39, 0.29) is 11.9 Å². The van der Waals surface area contributed by atoms with Crippen LogP contribution in [-0.4, -0.2) is 29.1 Å². The lowest BCUT2D eigenvalue weighted by Crippen LogP contribution is -2.48. The van der Waals surface area contributed by atoms with Crippen LogP contribution in [0.15, 0.2) is 60.7 Å². The zero-order chi connectivity index (χ0) is 15.6. The highest BCUT2D eigenvalue weighted by molar-refractivity contribution is 7.80. The maximum atomic E-state index is 12.8. The number of thiol groups is 1. The van der Waals surface area contributed by atoms with Gasteiger partial charge in [-0.15, -0.1) is 0 Å². The molecule has 22 heavy (non-hydrogen) atoms. The molecule has 0 aliphatic carbocycles. The zero-order valence-electron chi connectivity index (χ0n) is 11.9. The van der Waals surface area contributed by atoms with Gasteiger partial charge in [0.1, 0.15) is 0 Å². The van der Waals surface area contributed by atoms with Crippen molar-refractivity contribution >= 4 is 24.6 Å². The summed E-state index contributed by atoms with van der Waals surface area (Å²) >= 11 is 4.24. The SMILES string of the molecule is O=C1NC(=O)C(c2ccccc2)(c2ccccc2)N1CCS. The molecule has 1 saturated heterocycles. The van der Waals surface area contributed by atoms with E-state index in [0.29, 0.717) is 12.3 Å². The average molecular weight is 312 g/mol. The summed E-state index contributed by atoms with van der Waals surface area (Å²) in [6.07, 6.45) is 0. The summed E-state index contributed by atoms with van der Waals surface area (Å²) in [6.45, 7) is 0.379. The van der Waals surface area contributed by atoms with Crippen molar-refractivity contribution < 1.29 is 9.59 Å². The van der Waals surface area contributed by atoms with Gasteiger partial charge in [-0.25, -0.2) is 4.79 Å². The second-order valence-corrected chi connectivity index (χ2v) is 5.52. The summed E-state index contributed by atoms with van der Waals surface area (Å²) in [6, 6.07) is 18.4. The van der Waals surface area contributed by atoms with Crippen molar-refractivity contribution in [3.8, 4) is 0 Å². The molecule has 4 nitrogen and oxygen atoms in total. The van der Waals surface area contributed by atoms with E-state index >= 15 is 0 Å². The van der Waals surface area contributed by atoms with Crippen molar-refractivity contribution in [1.29, 1.82) is 0 Å². The van der Waals surface area contributed by atoms with Gasteiger partial charge in [0.2, 0.25) is 0 Å². The molecule has 0 radical (unpaired) electrons. The molecule has 1 fully saturated rings. The molecule has 3 rings (SSSR count). The van der Waals surface area contributed by atoms with E-state index in [2.05, 4.69) is 17.9 Å². The van der Waals surface area contributed by atoms with Crippen LogP contribution in [0.3, 0.4) is 0 Å². The highest BCUT2D eigenvalue weighted by Crippen LogP contribution is 2.39. The average Bonchev–Trinajstić information content (AvgIpc) is 2.81. The first kappa shape index (κ1) is 14.7. The second kappa shape index (κ2) is 5.85. The molecular weight excluding hydrogens is 296 g/mol. The number of benzene rings is 2. The molecule has 0 saturated carbocycles. The van der Waals surface area contributed by atoms with Crippen LogP contribution in [0.2, 0.25) is 0 Å². The molecule has 0 bridgehead atoms. The van der Waals surface area contributed by atoms with E-state index in [4.69, 9.17) is 0 Å². The Hall–Kier alpha value is -2.27. The molecule has 3 amide bonds. The quantitative estimate of drug-likeness (QED) is 0.673. The molecule has 112 valence electrons. The molecule has 1 aliphatic heterocycles. The first-order valence-electron chi connectivity index (χ1n) is 7.06. The molecule has 1 aliphatic rings. The summed E-state index contributed by atoms with van der Waals surface area (Å²) in [4.78, 5) is 26.7. The van der Waals surface area contributed by atoms with Crippen molar-refractivity contribution in [2.75, 3.05) is 12.3 Å². The van der Waals surface area contributed by atoms with Crippen molar-refractivity contribution in [1.82, 2.24) is 10.2 Å². The fourth-order valence-electron chi connectivity index (χ4n) is 3.00. The highest BCUT2D eigenvalue weighted by atomic mass is 32.1. The normalized spacial score (nSPS) is 16.7. The number of hydrogen-bond donors (Lipinski definition) is 2. The summed E-state index contributed by atoms with van der Waals surface area (Å²) in [5.74, 6) is 0.152. The Morgan fingerprint density at radius 2 is 1.41 bits per heavy atom. The number of urea groups is 1. The molecule has 0 aromatic heterocycles. The van der Waals surface area contributed by atoms with Crippen molar-refractivity contribution in [2.24, 2.45) is 0 Å². The molecule has 1 heterocycles. The van der Waals surface area contributed by atoms with Crippen LogP contribution in [0.5, 0.6) is 0 Å². The van der Waals surface area contributed by atoms with Gasteiger partial charge >= 0.3 is 6.03 Å². The van der Waals surface area contributed by atoms with E-state index < -0.39 is 5.54 Å². The first-order chi connectivity index (χ1) is 10.7. The number of amides is 3. The van der Waals surface area contributed by atoms with Gasteiger partial charge in [0, 0.05) is 12.3 Å². The first-order valence-corrected chi connectivity index (χ1v) is 7.69. The molecule has 1 N–H and O–H groups in total. The van der Waals surface area contributed by atoms with Gasteiger partial charge in [-0.05, 0) is 11.1 Å². The number of nitrogens with one attached hydrogen (secondary N) is 1. The third kappa shape index (κ3) is 2.09. The van der Waals surface area contributed by atoms with Crippen LogP contribution < -0.4 is 5.32 Å². The van der Waals surface area contributed by atoms with Crippen LogP contribution in [0, 0.1) is 0 Å². The number of carbonyl (C=O) groups is 2. The minimum Gasteiger partial charge on any atom is -0.301 e. The van der Waals surface area contributed by atoms with Crippen LogP contribution in [0.1, 0.15) is 11.1 Å². The lowest BCUT2D eigenvalue weighted by atomic mass is 9.81. The monoisotopic (exact) mass is 312 g/mol. The van der Waals surface area contributed by atoms with E-state index in [1.165, 1.54) is 0 Å². The number of imide groups is 1. The third-order valence-electron chi connectivity index (χ3n) is 3.91. The van der Waals surface area contributed by atoms with Crippen LogP contribution in [0.25, 0.3) is 0 Å². The zero-order valence-corrected chi connectivity index (χ0v) is 12.8. The fraction of sp³-hybridized carbons (Fsp3) is 0.176. The number of nitrogens with zero attached hydrogens (tertiary/aromatic N) is 1. The summed E-state index contributed by atoms with van der Waals surface area (Å²) < 4.78 is 0. The molecule has 0 atom stereocenters. The minimum absolute atomic E-state index is 0.323. The lowest BCUT2D eigenvalue weighted by Gasteiger charge is -2.36. The van der Waals surface area contributed by atoms with Gasteiger partial charge in [-0.1, -0.05) is 60.7 Å². The predicted molar refractivity (Wildman–Crippen MR) is 87.8 cm³/mol. The van der Waals surface area contributed by atoms with Crippen molar-refractivity contribution in [2.45, 2.75) is 5.54 Å². The predicted octanol–water partition coefficient (Wildman–Crippen LogP) is 2.41. The smallest absolute Gasteiger partial charge is 0.301 e. The van der Waals surface area contributed by atoms with Crippen LogP contribution >= 0.6 is 12.6 Å². The number of hydrogen-bond acceptors (Lipinski definition) is 3. The van der Waals surface area contributed by atoms with Crippen LogP contribution in [0.4, 0.5) is 4.79 Å². The van der Waals surface area contributed by atoms with Crippen LogP contribution in [-0.2, 0) is 10.3 Å². The van der Waals surface area contributed by atoms with E-state index in [1.54, 1.807) is 4.90 Å². The molecular formula is C17H16N2O2S. The lowest BCUT2D eigenvalue weighted by molar-refractivity contribution is -0.125. The van der Waals surface area contributed by atoms with E-state index in [0.717, 1.165) is 11.1 Å². The maximum absolute atomic E-state index is 12.8. The van der Waals surface area contributed by atoms with E-state index in [9.17, 15) is 9.59 Å². The molecule has 2 aromatic rings. The molecule has 0 unspecified atom stereocenters. The Kier molecular flexibility index (Phi) is 3.90. The van der Waals surface area contributed by atoms with Crippen molar-refractivity contribution in [3.05, 3.63) is 71.8 Å². The van der Waals surface area contributed by atoms with Gasteiger partial charge in [0.15, 0.2) is 5.54 Å². The molecule has 5 heteroatoms. The molecule has 2 aromatic carbocycles. The summed E-state index contributed by atoms with van der Waals surface area (Å²) in [5, 5.41) is 2.45. The highest BCUT2D eigenvalue weighted by Gasteiger charge is 2.54. The molecule has 0 spiro atoms. The topological polar surface area (TPSA) is 49.4 Å². The van der Waals surface area contributed by atoms with Gasteiger partial charge in [0.25, 0.3) is 5.91 Å². The number of rotatable bonds is 4. The van der Waals surface area contributed by atoms with Gasteiger partial charge < -0.3 is 4.90 Å². The Morgan fingerprint density at radius 1 is 0.909 bits per heavy atom. The standard InChI is InChI=1S/C17H16N2O2S/c20-15-17(13-7-3-1-4-8-13,14-9-5-2-6-10-14)19(11-12-22)16(21)18-15/h1-10,22H,11-12H2,(H,18,20,21). The largest absolute Gasteiger partial charge is 0.325 e. The van der Waals surface area contributed by atoms with E-state index in [1.807, 2.05) is 60.7 Å². The van der Waals surface area contributed by atoms with Gasteiger partial charge in [-0.2, -0.15) is 12.6 Å². The number of carbonyl (C=O) groups excluding carboxylic acids is 2. The Labute approximate surface area is 134 Å². The summed E-state index contributed by atoms with van der Waals surface area (Å²) in [7, 11) is 0. The van der Waals surface area contributed by atoms with Gasteiger partial charge in [-0.3, -0.25) is 10.1 Å². The second-order valence-electron chi connectivity index (χ2n) is 5.08. The Morgan fingerprint density at radius 3 is 1.86 bits per heavy atom. The minimum atomic E-state index is -1.14.